The second kappa shape index (κ2) is 3.34. The van der Waals surface area contributed by atoms with E-state index in [1.165, 1.54) is 13.0 Å². The van der Waals surface area contributed by atoms with Crippen LogP contribution in [-0.4, -0.2) is 23.0 Å². The van der Waals surface area contributed by atoms with Crippen molar-refractivity contribution >= 4 is 5.97 Å². The van der Waals surface area contributed by atoms with Gasteiger partial charge < -0.3 is 19.7 Å². The minimum absolute atomic E-state index is 0.0537. The first-order valence-electron chi connectivity index (χ1n) is 4.45. The topological polar surface area (TPSA) is 76.0 Å². The van der Waals surface area contributed by atoms with Crippen LogP contribution in [0, 0.1) is 0 Å². The van der Waals surface area contributed by atoms with Crippen LogP contribution in [0.3, 0.4) is 0 Å². The van der Waals surface area contributed by atoms with Crippen molar-refractivity contribution < 1.29 is 24.5 Å². The zero-order valence-electron chi connectivity index (χ0n) is 8.06. The molecule has 0 aromatic heterocycles. The molecule has 2 N–H and O–H groups in total. The number of aliphatic carboxylic acids is 1. The van der Waals surface area contributed by atoms with E-state index in [-0.39, 0.29) is 18.1 Å². The van der Waals surface area contributed by atoms with Crippen molar-refractivity contribution in [2.45, 2.75) is 12.8 Å². The van der Waals surface area contributed by atoms with E-state index >= 15 is 0 Å². The molecule has 5 heteroatoms. The van der Waals surface area contributed by atoms with E-state index in [2.05, 4.69) is 0 Å². The number of phenolic OH excluding ortho intramolecular Hbond substituents is 1. The molecule has 0 saturated heterocycles. The highest BCUT2D eigenvalue weighted by molar-refractivity contribution is 5.79. The predicted molar refractivity (Wildman–Crippen MR) is 50.3 cm³/mol. The largest absolute Gasteiger partial charge is 0.507 e. The molecule has 0 radical (unpaired) electrons. The van der Waals surface area contributed by atoms with Gasteiger partial charge in [-0.05, 0) is 19.1 Å². The molecule has 80 valence electrons. The SMILES string of the molecule is CC(C(=O)O)c1c(O)ccc2c1OCO2. The Hall–Kier alpha value is -1.91. The van der Waals surface area contributed by atoms with Crippen LogP contribution in [0.1, 0.15) is 18.4 Å². The van der Waals surface area contributed by atoms with Crippen LogP contribution < -0.4 is 9.47 Å². The van der Waals surface area contributed by atoms with Crippen molar-refractivity contribution in [3.8, 4) is 17.2 Å². The zero-order chi connectivity index (χ0) is 11.0. The number of hydrogen-bond acceptors (Lipinski definition) is 4. The van der Waals surface area contributed by atoms with E-state index in [0.29, 0.717) is 11.5 Å². The fourth-order valence-corrected chi connectivity index (χ4v) is 1.53. The minimum Gasteiger partial charge on any atom is -0.507 e. The van der Waals surface area contributed by atoms with Crippen LogP contribution in [-0.2, 0) is 4.79 Å². The van der Waals surface area contributed by atoms with Gasteiger partial charge in [0.1, 0.15) is 5.75 Å². The molecule has 0 aliphatic carbocycles. The molecule has 1 unspecified atom stereocenters. The lowest BCUT2D eigenvalue weighted by atomic mass is 9.99. The average Bonchev–Trinajstić information content (AvgIpc) is 2.64. The van der Waals surface area contributed by atoms with Crippen molar-refractivity contribution in [3.63, 3.8) is 0 Å². The summed E-state index contributed by atoms with van der Waals surface area (Å²) in [4.78, 5) is 10.8. The molecular weight excluding hydrogens is 200 g/mol. The Morgan fingerprint density at radius 3 is 2.87 bits per heavy atom. The summed E-state index contributed by atoms with van der Waals surface area (Å²) in [6.45, 7) is 1.54. The number of rotatable bonds is 2. The summed E-state index contributed by atoms with van der Waals surface area (Å²) in [5, 5.41) is 18.5. The monoisotopic (exact) mass is 210 g/mol. The van der Waals surface area contributed by atoms with E-state index < -0.39 is 11.9 Å². The molecule has 0 saturated carbocycles. The van der Waals surface area contributed by atoms with Crippen LogP contribution in [0.2, 0.25) is 0 Å². The lowest BCUT2D eigenvalue weighted by Gasteiger charge is -2.11. The van der Waals surface area contributed by atoms with E-state index in [1.807, 2.05) is 0 Å². The zero-order valence-corrected chi connectivity index (χ0v) is 8.06. The number of carboxylic acid groups (broad SMARTS) is 1. The first kappa shape index (κ1) is 9.64. The summed E-state index contributed by atoms with van der Waals surface area (Å²) in [5.41, 5.74) is 0.262. The highest BCUT2D eigenvalue weighted by Gasteiger charge is 2.28. The third-order valence-electron chi connectivity index (χ3n) is 2.36. The number of ether oxygens (including phenoxy) is 2. The number of phenols is 1. The molecule has 1 aliphatic heterocycles. The number of hydrogen-bond donors (Lipinski definition) is 2. The molecule has 15 heavy (non-hydrogen) atoms. The Bertz CT molecular complexity index is 413. The van der Waals surface area contributed by atoms with Gasteiger partial charge in [-0.1, -0.05) is 0 Å². The summed E-state index contributed by atoms with van der Waals surface area (Å²) < 4.78 is 10.2. The van der Waals surface area contributed by atoms with Gasteiger partial charge in [-0.3, -0.25) is 4.79 Å². The maximum absolute atomic E-state index is 10.8. The molecule has 0 spiro atoms. The third-order valence-corrected chi connectivity index (χ3v) is 2.36. The van der Waals surface area contributed by atoms with E-state index in [4.69, 9.17) is 14.6 Å². The quantitative estimate of drug-likeness (QED) is 0.769. The van der Waals surface area contributed by atoms with Gasteiger partial charge in [0.25, 0.3) is 0 Å². The highest BCUT2D eigenvalue weighted by atomic mass is 16.7. The van der Waals surface area contributed by atoms with Crippen molar-refractivity contribution in [3.05, 3.63) is 17.7 Å². The van der Waals surface area contributed by atoms with E-state index in [1.54, 1.807) is 6.07 Å². The summed E-state index contributed by atoms with van der Waals surface area (Å²) in [7, 11) is 0. The third kappa shape index (κ3) is 1.45. The maximum Gasteiger partial charge on any atom is 0.310 e. The average molecular weight is 210 g/mol. The molecule has 1 aromatic rings. The molecular formula is C10H10O5. The van der Waals surface area contributed by atoms with Gasteiger partial charge in [0.05, 0.1) is 11.5 Å². The van der Waals surface area contributed by atoms with Gasteiger partial charge in [-0.2, -0.15) is 0 Å². The Morgan fingerprint density at radius 1 is 1.47 bits per heavy atom. The van der Waals surface area contributed by atoms with Gasteiger partial charge in [0.15, 0.2) is 11.5 Å². The molecule has 1 aliphatic rings. The molecule has 0 fully saturated rings. The van der Waals surface area contributed by atoms with Crippen molar-refractivity contribution in [1.29, 1.82) is 0 Å². The summed E-state index contributed by atoms with van der Waals surface area (Å²) >= 11 is 0. The fourth-order valence-electron chi connectivity index (χ4n) is 1.53. The smallest absolute Gasteiger partial charge is 0.310 e. The molecule has 1 aromatic carbocycles. The molecule has 0 amide bonds. The Balaban J connectivity index is 2.54. The highest BCUT2D eigenvalue weighted by Crippen LogP contribution is 2.44. The van der Waals surface area contributed by atoms with Gasteiger partial charge in [-0.15, -0.1) is 0 Å². The number of carboxylic acids is 1. The summed E-state index contributed by atoms with van der Waals surface area (Å²) in [6.07, 6.45) is 0. The Kier molecular flexibility index (Phi) is 2.15. The Labute approximate surface area is 85.9 Å². The van der Waals surface area contributed by atoms with Crippen LogP contribution in [0.5, 0.6) is 17.2 Å². The van der Waals surface area contributed by atoms with Crippen LogP contribution in [0.25, 0.3) is 0 Å². The normalized spacial score (nSPS) is 15.0. The second-order valence-corrected chi connectivity index (χ2v) is 3.29. The van der Waals surface area contributed by atoms with E-state index in [0.717, 1.165) is 0 Å². The first-order valence-corrected chi connectivity index (χ1v) is 4.45. The van der Waals surface area contributed by atoms with Gasteiger partial charge in [-0.25, -0.2) is 0 Å². The fraction of sp³-hybridized carbons (Fsp3) is 0.300. The molecule has 2 rings (SSSR count). The Morgan fingerprint density at radius 2 is 2.20 bits per heavy atom. The second-order valence-electron chi connectivity index (χ2n) is 3.29. The number of benzene rings is 1. The summed E-state index contributed by atoms with van der Waals surface area (Å²) in [6, 6.07) is 2.96. The van der Waals surface area contributed by atoms with Crippen molar-refractivity contribution in [2.24, 2.45) is 0 Å². The van der Waals surface area contributed by atoms with E-state index in [9.17, 15) is 9.90 Å². The van der Waals surface area contributed by atoms with Gasteiger partial charge >= 0.3 is 5.97 Å². The minimum atomic E-state index is -1.02. The lowest BCUT2D eigenvalue weighted by Crippen LogP contribution is -2.08. The molecule has 5 nitrogen and oxygen atoms in total. The van der Waals surface area contributed by atoms with Gasteiger partial charge in [0.2, 0.25) is 6.79 Å². The molecule has 0 bridgehead atoms. The van der Waals surface area contributed by atoms with Crippen molar-refractivity contribution in [1.82, 2.24) is 0 Å². The van der Waals surface area contributed by atoms with Gasteiger partial charge in [0, 0.05) is 0 Å². The van der Waals surface area contributed by atoms with Crippen LogP contribution in [0.15, 0.2) is 12.1 Å². The van der Waals surface area contributed by atoms with Crippen molar-refractivity contribution in [2.75, 3.05) is 6.79 Å². The predicted octanol–water partition coefficient (Wildman–Crippen LogP) is 1.31. The first-order chi connectivity index (χ1) is 7.11. The maximum atomic E-state index is 10.8. The lowest BCUT2D eigenvalue weighted by molar-refractivity contribution is -0.138. The number of aromatic hydroxyl groups is 1. The number of fused-ring (bicyclic) bond motifs is 1. The summed E-state index contributed by atoms with van der Waals surface area (Å²) in [5.74, 6) is -1.15. The molecule has 1 heterocycles. The van der Waals surface area contributed by atoms with Crippen LogP contribution in [0.4, 0.5) is 0 Å². The molecule has 1 atom stereocenters. The van der Waals surface area contributed by atoms with Crippen LogP contribution >= 0.6 is 0 Å². The standard InChI is InChI=1S/C10H10O5/c1-5(10(12)13)8-6(11)2-3-7-9(8)15-4-14-7/h2-3,5,11H,4H2,1H3,(H,12,13). The number of carbonyl (C=O) groups is 1.